The van der Waals surface area contributed by atoms with E-state index in [1.807, 2.05) is 0 Å². The third kappa shape index (κ3) is 3.39. The van der Waals surface area contributed by atoms with Crippen LogP contribution >= 0.6 is 27.5 Å². The van der Waals surface area contributed by atoms with Crippen molar-refractivity contribution in [3.05, 3.63) is 27.5 Å². The van der Waals surface area contributed by atoms with Gasteiger partial charge in [-0.3, -0.25) is 0 Å². The standard InChI is InChI=1S/C9H12BrClN2O2/c1-12-4-7(14)9(15)5-2-8(11)13-3-6(5)10/h2-3,7,9,12,14-15H,4H2,1H3. The second-order valence-electron chi connectivity index (χ2n) is 3.10. The fraction of sp³-hybridized carbons (Fsp3) is 0.444. The van der Waals surface area contributed by atoms with Gasteiger partial charge in [-0.05, 0) is 29.0 Å². The number of pyridine rings is 1. The Balaban J connectivity index is 2.89. The van der Waals surface area contributed by atoms with Crippen LogP contribution in [0.5, 0.6) is 0 Å². The monoisotopic (exact) mass is 294 g/mol. The highest BCUT2D eigenvalue weighted by Gasteiger charge is 2.20. The molecule has 0 fully saturated rings. The number of rotatable bonds is 4. The van der Waals surface area contributed by atoms with Crippen LogP contribution in [0.25, 0.3) is 0 Å². The number of aliphatic hydroxyl groups excluding tert-OH is 2. The van der Waals surface area contributed by atoms with Crippen LogP contribution in [0.15, 0.2) is 16.7 Å². The Bertz CT molecular complexity index is 338. The smallest absolute Gasteiger partial charge is 0.129 e. The first-order valence-corrected chi connectivity index (χ1v) is 5.55. The van der Waals surface area contributed by atoms with E-state index < -0.39 is 12.2 Å². The Morgan fingerprint density at radius 2 is 2.27 bits per heavy atom. The number of hydrogen-bond donors (Lipinski definition) is 3. The van der Waals surface area contributed by atoms with Crippen LogP contribution in [0, 0.1) is 0 Å². The first-order valence-electron chi connectivity index (χ1n) is 4.38. The second-order valence-corrected chi connectivity index (χ2v) is 4.34. The lowest BCUT2D eigenvalue weighted by Gasteiger charge is -2.18. The molecule has 0 aliphatic carbocycles. The minimum Gasteiger partial charge on any atom is -0.389 e. The lowest BCUT2D eigenvalue weighted by Crippen LogP contribution is -2.29. The van der Waals surface area contributed by atoms with Gasteiger partial charge in [-0.2, -0.15) is 0 Å². The van der Waals surface area contributed by atoms with Gasteiger partial charge < -0.3 is 15.5 Å². The number of aromatic nitrogens is 1. The zero-order chi connectivity index (χ0) is 11.4. The largest absolute Gasteiger partial charge is 0.389 e. The van der Waals surface area contributed by atoms with Crippen molar-refractivity contribution in [2.45, 2.75) is 12.2 Å². The van der Waals surface area contributed by atoms with Crippen molar-refractivity contribution in [1.29, 1.82) is 0 Å². The van der Waals surface area contributed by atoms with E-state index >= 15 is 0 Å². The summed E-state index contributed by atoms with van der Waals surface area (Å²) in [4.78, 5) is 3.84. The van der Waals surface area contributed by atoms with Crippen molar-refractivity contribution < 1.29 is 10.2 Å². The molecule has 2 unspecified atom stereocenters. The number of hydrogen-bond acceptors (Lipinski definition) is 4. The van der Waals surface area contributed by atoms with E-state index in [2.05, 4.69) is 26.2 Å². The third-order valence-corrected chi connectivity index (χ3v) is 2.82. The van der Waals surface area contributed by atoms with Crippen LogP contribution in [0.3, 0.4) is 0 Å². The topological polar surface area (TPSA) is 65.4 Å². The highest BCUT2D eigenvalue weighted by atomic mass is 79.9. The second kappa shape index (κ2) is 5.77. The van der Waals surface area contributed by atoms with Crippen LogP contribution in [-0.2, 0) is 0 Å². The predicted molar refractivity (Wildman–Crippen MR) is 61.8 cm³/mol. The molecule has 0 aromatic carbocycles. The average molecular weight is 296 g/mol. The van der Waals surface area contributed by atoms with E-state index in [1.54, 1.807) is 7.05 Å². The van der Waals surface area contributed by atoms with E-state index in [-0.39, 0.29) is 5.15 Å². The van der Waals surface area contributed by atoms with Crippen LogP contribution in [0.4, 0.5) is 0 Å². The van der Waals surface area contributed by atoms with Gasteiger partial charge >= 0.3 is 0 Å². The summed E-state index contributed by atoms with van der Waals surface area (Å²) in [6.45, 7) is 0.299. The molecule has 15 heavy (non-hydrogen) atoms. The highest BCUT2D eigenvalue weighted by Crippen LogP contribution is 2.26. The number of nitrogens with zero attached hydrogens (tertiary/aromatic N) is 1. The van der Waals surface area contributed by atoms with Crippen LogP contribution in [-0.4, -0.2) is 34.9 Å². The van der Waals surface area contributed by atoms with Crippen LogP contribution in [0.2, 0.25) is 5.15 Å². The molecule has 1 heterocycles. The van der Waals surface area contributed by atoms with E-state index in [4.69, 9.17) is 11.6 Å². The first-order chi connectivity index (χ1) is 7.06. The molecule has 3 N–H and O–H groups in total. The van der Waals surface area contributed by atoms with Crippen molar-refractivity contribution in [2.24, 2.45) is 0 Å². The minimum absolute atomic E-state index is 0.281. The molecular weight excluding hydrogens is 283 g/mol. The van der Waals surface area contributed by atoms with Gasteiger partial charge in [-0.15, -0.1) is 0 Å². The number of halogens is 2. The summed E-state index contributed by atoms with van der Waals surface area (Å²) in [7, 11) is 1.70. The SMILES string of the molecule is CNCC(O)C(O)c1cc(Cl)ncc1Br. The van der Waals surface area contributed by atoms with E-state index in [1.165, 1.54) is 12.3 Å². The Labute approximate surface area is 101 Å². The summed E-state index contributed by atoms with van der Waals surface area (Å²) >= 11 is 8.94. The molecule has 0 radical (unpaired) electrons. The third-order valence-electron chi connectivity index (χ3n) is 1.95. The minimum atomic E-state index is -0.993. The summed E-state index contributed by atoms with van der Waals surface area (Å²) in [6, 6.07) is 1.52. The van der Waals surface area contributed by atoms with Gasteiger partial charge in [0.1, 0.15) is 11.3 Å². The molecule has 1 aromatic rings. The molecule has 0 aliphatic heterocycles. The van der Waals surface area contributed by atoms with Crippen molar-refractivity contribution in [3.8, 4) is 0 Å². The van der Waals surface area contributed by atoms with Gasteiger partial charge in [0, 0.05) is 22.8 Å². The van der Waals surface area contributed by atoms with Crippen LogP contribution < -0.4 is 5.32 Å². The van der Waals surface area contributed by atoms with Gasteiger partial charge in [0.25, 0.3) is 0 Å². The van der Waals surface area contributed by atoms with Crippen molar-refractivity contribution in [2.75, 3.05) is 13.6 Å². The fourth-order valence-corrected chi connectivity index (χ4v) is 1.80. The summed E-state index contributed by atoms with van der Waals surface area (Å²) in [5.74, 6) is 0. The quantitative estimate of drug-likeness (QED) is 0.728. The fourth-order valence-electron chi connectivity index (χ4n) is 1.18. The molecule has 0 amide bonds. The molecule has 1 rings (SSSR count). The molecule has 0 saturated carbocycles. The van der Waals surface area contributed by atoms with Crippen molar-refractivity contribution in [3.63, 3.8) is 0 Å². The summed E-state index contributed by atoms with van der Waals surface area (Å²) in [6.07, 6.45) is -0.385. The normalized spacial score (nSPS) is 15.0. The van der Waals surface area contributed by atoms with Gasteiger partial charge in [-0.25, -0.2) is 4.98 Å². The van der Waals surface area contributed by atoms with Gasteiger partial charge in [0.15, 0.2) is 0 Å². The summed E-state index contributed by atoms with van der Waals surface area (Å²) in [5.41, 5.74) is 0.526. The van der Waals surface area contributed by atoms with E-state index in [9.17, 15) is 10.2 Å². The lowest BCUT2D eigenvalue weighted by molar-refractivity contribution is 0.0198. The van der Waals surface area contributed by atoms with E-state index in [0.29, 0.717) is 16.6 Å². The zero-order valence-corrected chi connectivity index (χ0v) is 10.5. The Kier molecular flexibility index (Phi) is 4.95. The molecule has 6 heteroatoms. The number of aliphatic hydroxyl groups is 2. The molecule has 4 nitrogen and oxygen atoms in total. The summed E-state index contributed by atoms with van der Waals surface area (Å²) in [5, 5.41) is 22.5. The van der Waals surface area contributed by atoms with Gasteiger partial charge in [-0.1, -0.05) is 11.6 Å². The van der Waals surface area contributed by atoms with Gasteiger partial charge in [0.2, 0.25) is 0 Å². The van der Waals surface area contributed by atoms with Crippen molar-refractivity contribution in [1.82, 2.24) is 10.3 Å². The molecule has 0 aliphatic rings. The van der Waals surface area contributed by atoms with Gasteiger partial charge in [0.05, 0.1) is 6.10 Å². The maximum atomic E-state index is 9.82. The maximum Gasteiger partial charge on any atom is 0.129 e. The number of likely N-dealkylation sites (N-methyl/N-ethyl adjacent to an activating group) is 1. The number of nitrogens with one attached hydrogen (secondary N) is 1. The van der Waals surface area contributed by atoms with E-state index in [0.717, 1.165) is 0 Å². The molecule has 0 saturated heterocycles. The Morgan fingerprint density at radius 1 is 1.60 bits per heavy atom. The molecule has 1 aromatic heterocycles. The Hall–Kier alpha value is -0.200. The van der Waals surface area contributed by atoms with Crippen LogP contribution in [0.1, 0.15) is 11.7 Å². The average Bonchev–Trinajstić information content (AvgIpc) is 2.21. The molecule has 0 spiro atoms. The Morgan fingerprint density at radius 3 is 2.87 bits per heavy atom. The predicted octanol–water partition coefficient (Wildman–Crippen LogP) is 1.11. The molecule has 0 bridgehead atoms. The molecular formula is C9H12BrClN2O2. The summed E-state index contributed by atoms with van der Waals surface area (Å²) < 4.78 is 0.620. The molecule has 2 atom stereocenters. The van der Waals surface area contributed by atoms with Crippen molar-refractivity contribution >= 4 is 27.5 Å². The lowest BCUT2D eigenvalue weighted by atomic mass is 10.1. The molecule has 84 valence electrons. The zero-order valence-electron chi connectivity index (χ0n) is 8.11. The maximum absolute atomic E-state index is 9.82. The first kappa shape index (κ1) is 12.9. The highest BCUT2D eigenvalue weighted by molar-refractivity contribution is 9.10.